The van der Waals surface area contributed by atoms with Gasteiger partial charge in [-0.2, -0.15) is 0 Å². The highest BCUT2D eigenvalue weighted by atomic mass is 19.1. The van der Waals surface area contributed by atoms with Crippen LogP contribution in [0.5, 0.6) is 5.75 Å². The molecule has 0 radical (unpaired) electrons. The van der Waals surface area contributed by atoms with Crippen LogP contribution in [0.2, 0.25) is 0 Å². The van der Waals surface area contributed by atoms with Crippen molar-refractivity contribution in [2.45, 2.75) is 38.3 Å². The molecule has 0 bridgehead atoms. The van der Waals surface area contributed by atoms with Gasteiger partial charge in [-0.3, -0.25) is 9.59 Å². The van der Waals surface area contributed by atoms with E-state index in [9.17, 15) is 14.0 Å². The second-order valence-electron chi connectivity index (χ2n) is 8.75. The van der Waals surface area contributed by atoms with Crippen molar-refractivity contribution in [1.82, 2.24) is 20.2 Å². The van der Waals surface area contributed by atoms with E-state index >= 15 is 0 Å². The average Bonchev–Trinajstić information content (AvgIpc) is 3.33. The van der Waals surface area contributed by atoms with E-state index in [2.05, 4.69) is 10.3 Å². The predicted octanol–water partition coefficient (Wildman–Crippen LogP) is 4.16. The summed E-state index contributed by atoms with van der Waals surface area (Å²) >= 11 is 0. The number of nitrogens with zero attached hydrogens (tertiary/aromatic N) is 3. The first-order valence-electron chi connectivity index (χ1n) is 11.2. The summed E-state index contributed by atoms with van der Waals surface area (Å²) in [5.41, 5.74) is 0.217. The molecule has 3 aromatic rings. The van der Waals surface area contributed by atoms with Crippen LogP contribution in [-0.4, -0.2) is 45.9 Å². The number of methoxy groups -OCH3 is 1. The molecule has 1 N–H and O–H groups in total. The summed E-state index contributed by atoms with van der Waals surface area (Å²) in [6, 6.07) is 14.8. The number of ether oxygens (including phenoxy) is 1. The molecule has 1 atom stereocenters. The fourth-order valence-corrected chi connectivity index (χ4v) is 4.19. The third-order valence-corrected chi connectivity index (χ3v) is 5.94. The van der Waals surface area contributed by atoms with Crippen molar-refractivity contribution in [2.75, 3.05) is 13.7 Å². The number of benzene rings is 2. The lowest BCUT2D eigenvalue weighted by Gasteiger charge is -2.33. The molecular formula is C26H27FN4O3. The van der Waals surface area contributed by atoms with Gasteiger partial charge in [0.1, 0.15) is 17.1 Å². The van der Waals surface area contributed by atoms with Crippen LogP contribution in [-0.2, 0) is 4.79 Å². The lowest BCUT2D eigenvalue weighted by Crippen LogP contribution is -2.55. The minimum atomic E-state index is -1.23. The minimum Gasteiger partial charge on any atom is -0.497 e. The molecule has 2 heterocycles. The van der Waals surface area contributed by atoms with Crippen LogP contribution in [0.3, 0.4) is 0 Å². The van der Waals surface area contributed by atoms with Crippen molar-refractivity contribution in [3.8, 4) is 17.1 Å². The Morgan fingerprint density at radius 1 is 1.15 bits per heavy atom. The molecule has 1 aromatic heterocycles. The molecule has 4 rings (SSSR count). The highest BCUT2D eigenvalue weighted by molar-refractivity contribution is 5.99. The van der Waals surface area contributed by atoms with Gasteiger partial charge >= 0.3 is 0 Å². The maximum absolute atomic E-state index is 14.0. The van der Waals surface area contributed by atoms with Gasteiger partial charge in [0.15, 0.2) is 5.82 Å². The highest BCUT2D eigenvalue weighted by Gasteiger charge is 2.40. The van der Waals surface area contributed by atoms with Gasteiger partial charge in [0, 0.05) is 18.3 Å². The Morgan fingerprint density at radius 2 is 1.94 bits per heavy atom. The first kappa shape index (κ1) is 23.4. The first-order valence-corrected chi connectivity index (χ1v) is 11.2. The molecule has 1 saturated heterocycles. The zero-order valence-corrected chi connectivity index (χ0v) is 19.4. The van der Waals surface area contributed by atoms with Crippen LogP contribution >= 0.6 is 0 Å². The summed E-state index contributed by atoms with van der Waals surface area (Å²) in [5.74, 6) is -0.261. The second-order valence-corrected chi connectivity index (χ2v) is 8.75. The number of likely N-dealkylation sites (tertiary alicyclic amines) is 1. The van der Waals surface area contributed by atoms with Crippen LogP contribution in [0.4, 0.5) is 4.39 Å². The van der Waals surface area contributed by atoms with Crippen LogP contribution in [0.1, 0.15) is 48.8 Å². The summed E-state index contributed by atoms with van der Waals surface area (Å²) < 4.78 is 19.3. The van der Waals surface area contributed by atoms with Crippen LogP contribution < -0.4 is 10.1 Å². The van der Waals surface area contributed by atoms with E-state index in [1.165, 1.54) is 18.2 Å². The standard InChI is InChI=1S/C26H27FN4O3/c1-26(2,30-24(32)19-10-4-5-11-20(19)27)25(33)31-15-7-12-22(31)21-13-14-28-23(29-21)17-8-6-9-18(16-17)34-3/h4-6,8-11,13-14,16,22H,7,12,15H2,1-3H3,(H,30,32)/t22-/m0/s1. The number of hydrogen-bond donors (Lipinski definition) is 1. The summed E-state index contributed by atoms with van der Waals surface area (Å²) in [4.78, 5) is 37.0. The Balaban J connectivity index is 1.55. The summed E-state index contributed by atoms with van der Waals surface area (Å²) in [7, 11) is 1.60. The van der Waals surface area contributed by atoms with E-state index in [0.29, 0.717) is 18.1 Å². The average molecular weight is 463 g/mol. The number of carbonyl (C=O) groups excluding carboxylic acids is 2. The largest absolute Gasteiger partial charge is 0.497 e. The molecule has 0 saturated carbocycles. The Hall–Kier alpha value is -3.81. The van der Waals surface area contributed by atoms with Gasteiger partial charge in [0.2, 0.25) is 5.91 Å². The molecule has 176 valence electrons. The van der Waals surface area contributed by atoms with Crippen molar-refractivity contribution in [2.24, 2.45) is 0 Å². The maximum Gasteiger partial charge on any atom is 0.255 e. The molecule has 0 unspecified atom stereocenters. The number of rotatable bonds is 6. The molecule has 1 fully saturated rings. The maximum atomic E-state index is 14.0. The molecule has 1 aliphatic rings. The lowest BCUT2D eigenvalue weighted by atomic mass is 10.0. The molecule has 0 aliphatic carbocycles. The third kappa shape index (κ3) is 4.76. The zero-order chi connectivity index (χ0) is 24.3. The van der Waals surface area contributed by atoms with Crippen molar-refractivity contribution >= 4 is 11.8 Å². The minimum absolute atomic E-state index is 0.0971. The van der Waals surface area contributed by atoms with Crippen molar-refractivity contribution in [3.63, 3.8) is 0 Å². The highest BCUT2D eigenvalue weighted by Crippen LogP contribution is 2.33. The number of hydrogen-bond acceptors (Lipinski definition) is 5. The van der Waals surface area contributed by atoms with E-state index in [-0.39, 0.29) is 17.5 Å². The summed E-state index contributed by atoms with van der Waals surface area (Å²) in [6.07, 6.45) is 3.24. The fourth-order valence-electron chi connectivity index (χ4n) is 4.19. The number of halogens is 1. The molecule has 1 aliphatic heterocycles. The molecule has 8 heteroatoms. The van der Waals surface area contributed by atoms with Crippen molar-refractivity contribution in [1.29, 1.82) is 0 Å². The van der Waals surface area contributed by atoms with Crippen LogP contribution in [0, 0.1) is 5.82 Å². The molecular weight excluding hydrogens is 435 g/mol. The number of carbonyl (C=O) groups is 2. The van der Waals surface area contributed by atoms with E-state index < -0.39 is 17.3 Å². The molecule has 2 aromatic carbocycles. The van der Waals surface area contributed by atoms with Gasteiger partial charge in [-0.15, -0.1) is 0 Å². The van der Waals surface area contributed by atoms with Gasteiger partial charge in [-0.05, 0) is 57.0 Å². The normalized spacial score (nSPS) is 15.8. The summed E-state index contributed by atoms with van der Waals surface area (Å²) in [5, 5.41) is 2.70. The van der Waals surface area contributed by atoms with Gasteiger partial charge in [0.05, 0.1) is 24.4 Å². The number of nitrogens with one attached hydrogen (secondary N) is 1. The van der Waals surface area contributed by atoms with Gasteiger partial charge < -0.3 is 15.0 Å². The fraction of sp³-hybridized carbons (Fsp3) is 0.308. The Bertz CT molecular complexity index is 1210. The van der Waals surface area contributed by atoms with Crippen molar-refractivity contribution < 1.29 is 18.7 Å². The quantitative estimate of drug-likeness (QED) is 0.595. The topological polar surface area (TPSA) is 84.4 Å². The van der Waals surface area contributed by atoms with Gasteiger partial charge in [-0.25, -0.2) is 14.4 Å². The molecule has 0 spiro atoms. The number of aromatic nitrogens is 2. The van der Waals surface area contributed by atoms with Gasteiger partial charge in [-0.1, -0.05) is 24.3 Å². The Kier molecular flexibility index (Phi) is 6.58. The summed E-state index contributed by atoms with van der Waals surface area (Å²) in [6.45, 7) is 3.80. The molecule has 2 amide bonds. The zero-order valence-electron chi connectivity index (χ0n) is 19.4. The van der Waals surface area contributed by atoms with E-state index in [1.54, 1.807) is 38.1 Å². The molecule has 7 nitrogen and oxygen atoms in total. The molecule has 34 heavy (non-hydrogen) atoms. The second kappa shape index (κ2) is 9.59. The van der Waals surface area contributed by atoms with Crippen LogP contribution in [0.25, 0.3) is 11.4 Å². The van der Waals surface area contributed by atoms with Crippen molar-refractivity contribution in [3.05, 3.63) is 77.9 Å². The van der Waals surface area contributed by atoms with E-state index in [1.807, 2.05) is 30.3 Å². The lowest BCUT2D eigenvalue weighted by molar-refractivity contribution is -0.137. The monoisotopic (exact) mass is 462 g/mol. The predicted molar refractivity (Wildman–Crippen MR) is 126 cm³/mol. The van der Waals surface area contributed by atoms with Crippen LogP contribution in [0.15, 0.2) is 60.8 Å². The van der Waals surface area contributed by atoms with Gasteiger partial charge in [0.25, 0.3) is 5.91 Å². The smallest absolute Gasteiger partial charge is 0.255 e. The third-order valence-electron chi connectivity index (χ3n) is 5.94. The Morgan fingerprint density at radius 3 is 2.71 bits per heavy atom. The van der Waals surface area contributed by atoms with E-state index in [0.717, 1.165) is 24.1 Å². The SMILES string of the molecule is COc1cccc(-c2nccc([C@@H]3CCCN3C(=O)C(C)(C)NC(=O)c3ccccc3F)n2)c1. The number of amides is 2. The first-order chi connectivity index (χ1) is 16.3. The van der Waals surface area contributed by atoms with E-state index in [4.69, 9.17) is 9.72 Å². The Labute approximate surface area is 198 Å².